The van der Waals surface area contributed by atoms with Crippen LogP contribution in [0.25, 0.3) is 50.4 Å². The zero-order chi connectivity index (χ0) is 25.6. The van der Waals surface area contributed by atoms with Crippen LogP contribution in [0.5, 0.6) is 0 Å². The Kier molecular flexibility index (Phi) is 5.52. The van der Waals surface area contributed by atoms with Gasteiger partial charge in [-0.05, 0) is 43.3 Å². The number of rotatable bonds is 4. The standard InChI is InChI=1S/C28H23ClN8O/c1-17-32-27(35-34-17)21-14-19(36-10-12-38-13-11-36)15-24-26(21)33-28(18-4-3-8-30-16-18)37(24)23-7-9-31-25-20(23)5-2-6-22(25)29/h2-9,14-16H,10-13H2,1H3,(H,32,34,35). The number of halogens is 1. The average molecular weight is 523 g/mol. The lowest BCUT2D eigenvalue weighted by Crippen LogP contribution is -2.36. The highest BCUT2D eigenvalue weighted by molar-refractivity contribution is 6.35. The maximum absolute atomic E-state index is 6.56. The van der Waals surface area contributed by atoms with E-state index in [2.05, 4.69) is 46.7 Å². The predicted molar refractivity (Wildman–Crippen MR) is 148 cm³/mol. The van der Waals surface area contributed by atoms with E-state index < -0.39 is 0 Å². The monoisotopic (exact) mass is 522 g/mol. The van der Waals surface area contributed by atoms with Gasteiger partial charge in [-0.25, -0.2) is 4.98 Å². The smallest absolute Gasteiger partial charge is 0.163 e. The fourth-order valence-corrected chi connectivity index (χ4v) is 5.29. The summed E-state index contributed by atoms with van der Waals surface area (Å²) >= 11 is 6.56. The van der Waals surface area contributed by atoms with Crippen LogP contribution in [0.1, 0.15) is 5.82 Å². The molecule has 188 valence electrons. The summed E-state index contributed by atoms with van der Waals surface area (Å²) in [6.45, 7) is 4.87. The Morgan fingerprint density at radius 3 is 2.66 bits per heavy atom. The number of fused-ring (bicyclic) bond motifs is 2. The lowest BCUT2D eigenvalue weighted by atomic mass is 10.1. The molecule has 1 fully saturated rings. The van der Waals surface area contributed by atoms with Gasteiger partial charge in [-0.1, -0.05) is 23.7 Å². The molecule has 9 nitrogen and oxygen atoms in total. The van der Waals surface area contributed by atoms with E-state index >= 15 is 0 Å². The van der Waals surface area contributed by atoms with Crippen LogP contribution in [0, 0.1) is 6.92 Å². The van der Waals surface area contributed by atoms with Gasteiger partial charge in [-0.2, -0.15) is 0 Å². The summed E-state index contributed by atoms with van der Waals surface area (Å²) in [6, 6.07) is 16.1. The third-order valence-electron chi connectivity index (χ3n) is 6.84. The van der Waals surface area contributed by atoms with Crippen LogP contribution >= 0.6 is 11.6 Å². The first-order valence-electron chi connectivity index (χ1n) is 12.4. The van der Waals surface area contributed by atoms with Crippen LogP contribution in [-0.2, 0) is 4.74 Å². The molecule has 7 rings (SSSR count). The van der Waals surface area contributed by atoms with Crippen molar-refractivity contribution >= 4 is 39.2 Å². The molecular formula is C28H23ClN8O. The van der Waals surface area contributed by atoms with Crippen molar-refractivity contribution in [3.05, 3.63) is 78.0 Å². The van der Waals surface area contributed by atoms with Gasteiger partial charge in [0.05, 0.1) is 35.0 Å². The fourth-order valence-electron chi connectivity index (χ4n) is 5.07. The zero-order valence-electron chi connectivity index (χ0n) is 20.6. The Morgan fingerprint density at radius 1 is 0.974 bits per heavy atom. The molecule has 1 aliphatic heterocycles. The number of aromatic nitrogens is 7. The first kappa shape index (κ1) is 22.8. The molecule has 0 amide bonds. The third kappa shape index (κ3) is 3.79. The van der Waals surface area contributed by atoms with Crippen molar-refractivity contribution in [2.45, 2.75) is 6.92 Å². The summed E-state index contributed by atoms with van der Waals surface area (Å²) < 4.78 is 7.80. The summed E-state index contributed by atoms with van der Waals surface area (Å²) in [7, 11) is 0. The summed E-state index contributed by atoms with van der Waals surface area (Å²) in [6.07, 6.45) is 5.38. The molecule has 0 radical (unpaired) electrons. The summed E-state index contributed by atoms with van der Waals surface area (Å²) in [5.74, 6) is 2.18. The molecule has 5 heterocycles. The van der Waals surface area contributed by atoms with E-state index in [1.807, 2.05) is 49.5 Å². The highest BCUT2D eigenvalue weighted by Gasteiger charge is 2.23. The number of aryl methyl sites for hydroxylation is 1. The average Bonchev–Trinajstić information content (AvgIpc) is 3.57. The Morgan fingerprint density at radius 2 is 1.87 bits per heavy atom. The first-order chi connectivity index (χ1) is 18.7. The maximum Gasteiger partial charge on any atom is 0.163 e. The van der Waals surface area contributed by atoms with E-state index in [1.54, 1.807) is 12.4 Å². The minimum absolute atomic E-state index is 0.600. The number of pyridine rings is 2. The number of anilines is 1. The number of morpholine rings is 1. The van der Waals surface area contributed by atoms with Gasteiger partial charge < -0.3 is 14.6 Å². The molecule has 0 spiro atoms. The Hall–Kier alpha value is -4.34. The molecule has 0 bridgehead atoms. The van der Waals surface area contributed by atoms with Crippen molar-refractivity contribution in [1.82, 2.24) is 34.7 Å². The lowest BCUT2D eigenvalue weighted by Gasteiger charge is -2.29. The zero-order valence-corrected chi connectivity index (χ0v) is 21.4. The summed E-state index contributed by atoms with van der Waals surface area (Å²) in [4.78, 5) is 19.8. The molecule has 38 heavy (non-hydrogen) atoms. The number of nitrogens with one attached hydrogen (secondary N) is 1. The van der Waals surface area contributed by atoms with E-state index in [0.29, 0.717) is 24.1 Å². The molecule has 4 aromatic heterocycles. The number of para-hydroxylation sites is 1. The van der Waals surface area contributed by atoms with Crippen molar-refractivity contribution in [1.29, 1.82) is 0 Å². The molecule has 0 aliphatic carbocycles. The number of ether oxygens (including phenoxy) is 1. The molecule has 0 atom stereocenters. The van der Waals surface area contributed by atoms with Crippen LogP contribution in [0.2, 0.25) is 5.02 Å². The van der Waals surface area contributed by atoms with Gasteiger partial charge in [-0.3, -0.25) is 14.5 Å². The lowest BCUT2D eigenvalue weighted by molar-refractivity contribution is 0.122. The Balaban J connectivity index is 1.60. The quantitative estimate of drug-likeness (QED) is 0.339. The normalized spacial score (nSPS) is 14.0. The molecule has 1 saturated heterocycles. The highest BCUT2D eigenvalue weighted by Crippen LogP contribution is 2.38. The molecule has 6 aromatic rings. The second kappa shape index (κ2) is 9.20. The molecule has 1 aliphatic rings. The van der Waals surface area contributed by atoms with Crippen LogP contribution < -0.4 is 4.90 Å². The van der Waals surface area contributed by atoms with E-state index in [9.17, 15) is 0 Å². The number of H-pyrrole nitrogens is 1. The number of hydrogen-bond acceptors (Lipinski definition) is 7. The van der Waals surface area contributed by atoms with Crippen LogP contribution in [0.15, 0.2) is 67.1 Å². The van der Waals surface area contributed by atoms with Crippen LogP contribution in [0.4, 0.5) is 5.69 Å². The minimum Gasteiger partial charge on any atom is -0.378 e. The summed E-state index contributed by atoms with van der Waals surface area (Å²) in [5, 5.41) is 10.2. The van der Waals surface area contributed by atoms with Gasteiger partial charge in [0.1, 0.15) is 17.2 Å². The topological polar surface area (TPSA) is 97.6 Å². The van der Waals surface area contributed by atoms with Crippen molar-refractivity contribution in [3.63, 3.8) is 0 Å². The highest BCUT2D eigenvalue weighted by atomic mass is 35.5. The molecule has 0 saturated carbocycles. The number of hydrogen-bond donors (Lipinski definition) is 1. The minimum atomic E-state index is 0.600. The number of benzene rings is 2. The third-order valence-corrected chi connectivity index (χ3v) is 7.14. The summed E-state index contributed by atoms with van der Waals surface area (Å²) in [5.41, 5.74) is 6.25. The van der Waals surface area contributed by atoms with Gasteiger partial charge >= 0.3 is 0 Å². The van der Waals surface area contributed by atoms with Gasteiger partial charge in [-0.15, -0.1) is 10.2 Å². The Labute approximate surface area is 223 Å². The molecule has 1 N–H and O–H groups in total. The molecule has 10 heteroatoms. The first-order valence-corrected chi connectivity index (χ1v) is 12.8. The van der Waals surface area contributed by atoms with E-state index in [4.69, 9.17) is 21.3 Å². The van der Waals surface area contributed by atoms with Gasteiger partial charge in [0, 0.05) is 53.9 Å². The maximum atomic E-state index is 6.56. The number of aromatic amines is 1. The van der Waals surface area contributed by atoms with Crippen LogP contribution in [-0.4, -0.2) is 61.0 Å². The largest absolute Gasteiger partial charge is 0.378 e. The second-order valence-electron chi connectivity index (χ2n) is 9.20. The molecule has 0 unspecified atom stereocenters. The van der Waals surface area contributed by atoms with Crippen molar-refractivity contribution in [2.75, 3.05) is 31.2 Å². The predicted octanol–water partition coefficient (Wildman–Crippen LogP) is 5.22. The molecule has 2 aromatic carbocycles. The second-order valence-corrected chi connectivity index (χ2v) is 9.61. The fraction of sp³-hybridized carbons (Fsp3) is 0.179. The van der Waals surface area contributed by atoms with E-state index in [-0.39, 0.29) is 0 Å². The van der Waals surface area contributed by atoms with Crippen molar-refractivity contribution in [2.24, 2.45) is 0 Å². The van der Waals surface area contributed by atoms with Crippen molar-refractivity contribution < 1.29 is 4.74 Å². The Bertz CT molecular complexity index is 1790. The van der Waals surface area contributed by atoms with Gasteiger partial charge in [0.15, 0.2) is 5.82 Å². The van der Waals surface area contributed by atoms with E-state index in [1.165, 1.54) is 0 Å². The van der Waals surface area contributed by atoms with Gasteiger partial charge in [0.2, 0.25) is 0 Å². The van der Waals surface area contributed by atoms with Crippen molar-refractivity contribution in [3.8, 4) is 28.5 Å². The SMILES string of the molecule is Cc1nnc(-c2cc(N3CCOCC3)cc3c2nc(-c2cccnc2)n3-c2ccnc3c(Cl)cccc23)[nH]1. The van der Waals surface area contributed by atoms with Gasteiger partial charge in [0.25, 0.3) is 0 Å². The number of nitrogens with zero attached hydrogens (tertiary/aromatic N) is 7. The number of imidazole rings is 1. The van der Waals surface area contributed by atoms with E-state index in [0.717, 1.165) is 69.2 Å². The van der Waals surface area contributed by atoms with Crippen LogP contribution in [0.3, 0.4) is 0 Å². The molecular weight excluding hydrogens is 500 g/mol.